The molecule has 0 aliphatic carbocycles. The summed E-state index contributed by atoms with van der Waals surface area (Å²) in [4.78, 5) is 36.9. The van der Waals surface area contributed by atoms with Gasteiger partial charge in [-0.1, -0.05) is 11.6 Å². The molecule has 1 aromatic rings. The molecule has 1 aliphatic rings. The van der Waals surface area contributed by atoms with E-state index in [0.29, 0.717) is 12.8 Å². The van der Waals surface area contributed by atoms with E-state index in [9.17, 15) is 19.7 Å². The topological polar surface area (TPSA) is 92.6 Å². The van der Waals surface area contributed by atoms with Gasteiger partial charge in [0.25, 0.3) is 11.6 Å². The summed E-state index contributed by atoms with van der Waals surface area (Å²) in [6.07, 6.45) is 1.19. The maximum atomic E-state index is 12.6. The molecule has 26 heavy (non-hydrogen) atoms. The Balaban J connectivity index is 2.22. The van der Waals surface area contributed by atoms with Crippen LogP contribution in [0.15, 0.2) is 18.2 Å². The number of nitro groups is 1. The third-order valence-electron chi connectivity index (χ3n) is 4.76. The van der Waals surface area contributed by atoms with Gasteiger partial charge in [-0.3, -0.25) is 19.7 Å². The first-order valence-electron chi connectivity index (χ1n) is 8.41. The highest BCUT2D eigenvalue weighted by atomic mass is 35.5. The molecule has 0 unspecified atom stereocenters. The first-order chi connectivity index (χ1) is 11.8. The van der Waals surface area contributed by atoms with Crippen molar-refractivity contribution in [3.8, 4) is 0 Å². The number of nitro benzene ring substituents is 1. The average Bonchev–Trinajstić information content (AvgIpc) is 2.43. The summed E-state index contributed by atoms with van der Waals surface area (Å²) >= 11 is 5.80. The van der Waals surface area contributed by atoms with Gasteiger partial charge in [-0.05, 0) is 52.7 Å². The molecule has 2 rings (SSSR count). The summed E-state index contributed by atoms with van der Waals surface area (Å²) in [7, 11) is 0. The monoisotopic (exact) mass is 381 g/mol. The molecule has 0 aromatic heterocycles. The van der Waals surface area contributed by atoms with E-state index in [4.69, 9.17) is 11.6 Å². The van der Waals surface area contributed by atoms with Crippen LogP contribution in [0, 0.1) is 10.1 Å². The number of nitrogens with one attached hydrogen (secondary N) is 1. The molecular formula is C18H24ClN3O4. The van der Waals surface area contributed by atoms with Crippen LogP contribution in [-0.2, 0) is 4.79 Å². The Labute approximate surface area is 157 Å². The van der Waals surface area contributed by atoms with Gasteiger partial charge in [0.15, 0.2) is 0 Å². The molecule has 0 spiro atoms. The minimum Gasteiger partial charge on any atom is -0.349 e. The normalized spacial score (nSPS) is 19.1. The van der Waals surface area contributed by atoms with E-state index in [1.165, 1.54) is 18.2 Å². The molecule has 0 atom stereocenters. The van der Waals surface area contributed by atoms with E-state index >= 15 is 0 Å². The number of hydrogen-bond donors (Lipinski definition) is 1. The number of hydrogen-bond acceptors (Lipinski definition) is 4. The second-order valence-corrected chi connectivity index (χ2v) is 8.39. The molecule has 1 heterocycles. The highest BCUT2D eigenvalue weighted by Crippen LogP contribution is 2.38. The summed E-state index contributed by atoms with van der Waals surface area (Å²) in [5.74, 6) is -0.393. The van der Waals surface area contributed by atoms with E-state index < -0.39 is 21.9 Å². The van der Waals surface area contributed by atoms with E-state index in [-0.39, 0.29) is 28.2 Å². The second-order valence-electron chi connectivity index (χ2n) is 7.98. The lowest BCUT2D eigenvalue weighted by Gasteiger charge is -2.55. The average molecular weight is 382 g/mol. The van der Waals surface area contributed by atoms with Crippen molar-refractivity contribution >= 4 is 29.1 Å². The Morgan fingerprint density at radius 1 is 1.23 bits per heavy atom. The van der Waals surface area contributed by atoms with Crippen LogP contribution in [0.4, 0.5) is 5.69 Å². The van der Waals surface area contributed by atoms with E-state index in [2.05, 4.69) is 5.32 Å². The quantitative estimate of drug-likeness (QED) is 0.640. The maximum absolute atomic E-state index is 12.6. The van der Waals surface area contributed by atoms with Gasteiger partial charge in [0.2, 0.25) is 5.91 Å². The number of rotatable bonds is 3. The van der Waals surface area contributed by atoms with Crippen molar-refractivity contribution in [1.29, 1.82) is 0 Å². The summed E-state index contributed by atoms with van der Waals surface area (Å²) in [5, 5.41) is 13.9. The highest BCUT2D eigenvalue weighted by molar-refractivity contribution is 6.32. The number of amides is 2. The fourth-order valence-corrected chi connectivity index (χ4v) is 4.48. The number of likely N-dealkylation sites (tertiary alicyclic amines) is 1. The summed E-state index contributed by atoms with van der Waals surface area (Å²) in [5.41, 5.74) is -0.952. The lowest BCUT2D eigenvalue weighted by atomic mass is 9.76. The Bertz CT molecular complexity index is 743. The van der Waals surface area contributed by atoms with Crippen LogP contribution in [0.3, 0.4) is 0 Å². The molecule has 1 saturated heterocycles. The lowest BCUT2D eigenvalue weighted by molar-refractivity contribution is -0.384. The summed E-state index contributed by atoms with van der Waals surface area (Å²) < 4.78 is 0. The molecule has 1 aromatic carbocycles. The van der Waals surface area contributed by atoms with Crippen LogP contribution in [0.1, 0.15) is 57.8 Å². The zero-order chi connectivity index (χ0) is 19.9. The molecule has 2 amide bonds. The van der Waals surface area contributed by atoms with Crippen molar-refractivity contribution in [2.45, 2.75) is 64.6 Å². The van der Waals surface area contributed by atoms with Crippen LogP contribution in [0.2, 0.25) is 5.02 Å². The molecule has 7 nitrogen and oxygen atoms in total. The van der Waals surface area contributed by atoms with Gasteiger partial charge in [0.05, 0.1) is 4.92 Å². The van der Waals surface area contributed by atoms with Gasteiger partial charge in [0.1, 0.15) is 5.02 Å². The third-order valence-corrected chi connectivity index (χ3v) is 5.08. The van der Waals surface area contributed by atoms with E-state index in [1.807, 2.05) is 32.6 Å². The Morgan fingerprint density at radius 3 is 2.23 bits per heavy atom. The van der Waals surface area contributed by atoms with E-state index in [0.717, 1.165) is 0 Å². The van der Waals surface area contributed by atoms with Crippen LogP contribution in [0.5, 0.6) is 0 Å². The van der Waals surface area contributed by atoms with Gasteiger partial charge in [-0.2, -0.15) is 0 Å². The fraction of sp³-hybridized carbons (Fsp3) is 0.556. The predicted octanol–water partition coefficient (Wildman–Crippen LogP) is 3.55. The minimum absolute atomic E-state index is 0.00176. The Morgan fingerprint density at radius 2 is 1.77 bits per heavy atom. The molecule has 1 fully saturated rings. The van der Waals surface area contributed by atoms with E-state index in [1.54, 1.807) is 6.92 Å². The lowest BCUT2D eigenvalue weighted by Crippen LogP contribution is -2.65. The number of halogens is 1. The van der Waals surface area contributed by atoms with Gasteiger partial charge in [-0.25, -0.2) is 0 Å². The van der Waals surface area contributed by atoms with Gasteiger partial charge < -0.3 is 10.2 Å². The minimum atomic E-state index is -0.614. The first kappa shape index (κ1) is 20.2. The van der Waals surface area contributed by atoms with Crippen LogP contribution in [0.25, 0.3) is 0 Å². The van der Waals surface area contributed by atoms with Gasteiger partial charge >= 0.3 is 0 Å². The Kier molecular flexibility index (Phi) is 5.33. The molecule has 1 aliphatic heterocycles. The summed E-state index contributed by atoms with van der Waals surface area (Å²) in [6.45, 7) is 9.45. The molecule has 1 N–H and O–H groups in total. The van der Waals surface area contributed by atoms with Crippen molar-refractivity contribution in [2.24, 2.45) is 0 Å². The van der Waals surface area contributed by atoms with Crippen molar-refractivity contribution in [3.63, 3.8) is 0 Å². The van der Waals surface area contributed by atoms with Crippen molar-refractivity contribution < 1.29 is 14.5 Å². The molecule has 0 radical (unpaired) electrons. The van der Waals surface area contributed by atoms with Crippen LogP contribution >= 0.6 is 11.6 Å². The predicted molar refractivity (Wildman–Crippen MR) is 99.3 cm³/mol. The van der Waals surface area contributed by atoms with Gasteiger partial charge in [0, 0.05) is 35.7 Å². The van der Waals surface area contributed by atoms with Crippen molar-refractivity contribution in [3.05, 3.63) is 38.9 Å². The Hall–Kier alpha value is -2.15. The van der Waals surface area contributed by atoms with Crippen LogP contribution in [-0.4, -0.2) is 38.8 Å². The number of carbonyl (C=O) groups is 2. The smallest absolute Gasteiger partial charge is 0.288 e. The molecule has 0 saturated carbocycles. The van der Waals surface area contributed by atoms with Crippen molar-refractivity contribution in [1.82, 2.24) is 10.2 Å². The maximum Gasteiger partial charge on any atom is 0.288 e. The third kappa shape index (κ3) is 3.98. The highest BCUT2D eigenvalue weighted by Gasteiger charge is 2.46. The largest absolute Gasteiger partial charge is 0.349 e. The zero-order valence-corrected chi connectivity index (χ0v) is 16.4. The number of carbonyl (C=O) groups excluding carboxylic acids is 2. The number of benzene rings is 1. The molecule has 0 bridgehead atoms. The SMILES string of the molecule is CC(=O)N1C(C)(C)CC(NC(=O)c2ccc(Cl)c([N+](=O)[O-])c2)CC1(C)C. The standard InChI is InChI=1S/C18H24ClN3O4/c1-11(23)21-17(2,3)9-13(10-18(21,4)5)20-16(24)12-6-7-14(19)15(8-12)22(25)26/h6-8,13H,9-10H2,1-5H3,(H,20,24). The molecular weight excluding hydrogens is 358 g/mol. The zero-order valence-electron chi connectivity index (χ0n) is 15.6. The number of nitrogens with zero attached hydrogens (tertiary/aromatic N) is 2. The summed E-state index contributed by atoms with van der Waals surface area (Å²) in [6, 6.07) is 3.84. The first-order valence-corrected chi connectivity index (χ1v) is 8.79. The van der Waals surface area contributed by atoms with Gasteiger partial charge in [-0.15, -0.1) is 0 Å². The molecule has 8 heteroatoms. The fourth-order valence-electron chi connectivity index (χ4n) is 4.30. The second kappa shape index (κ2) is 6.87. The van der Waals surface area contributed by atoms with Crippen LogP contribution < -0.4 is 5.32 Å². The number of piperidine rings is 1. The van der Waals surface area contributed by atoms with Crippen molar-refractivity contribution in [2.75, 3.05) is 0 Å². The molecule has 142 valence electrons.